The van der Waals surface area contributed by atoms with Gasteiger partial charge in [-0.25, -0.2) is 4.79 Å². The van der Waals surface area contributed by atoms with Crippen LogP contribution in [0.5, 0.6) is 5.75 Å². The van der Waals surface area contributed by atoms with E-state index in [0.717, 1.165) is 0 Å². The molecule has 3 heteroatoms. The third-order valence-corrected chi connectivity index (χ3v) is 0.911. The highest BCUT2D eigenvalue weighted by Crippen LogP contribution is 2.02. The molecule has 1 aromatic rings. The molecule has 0 fully saturated rings. The molecule has 0 aliphatic carbocycles. The molecule has 1 rings (SSSR count). The largest absolute Gasteiger partial charge is 0.494 e. The quantitative estimate of drug-likeness (QED) is 0.554. The first-order chi connectivity index (χ1) is 4.33. The van der Waals surface area contributed by atoms with Crippen molar-refractivity contribution in [1.29, 1.82) is 0 Å². The fraction of sp³-hybridized carbons (Fsp3) is 0.167. The molecule has 3 nitrogen and oxygen atoms in total. The van der Waals surface area contributed by atoms with Crippen molar-refractivity contribution in [1.82, 2.24) is 0 Å². The van der Waals surface area contributed by atoms with E-state index in [2.05, 4.69) is 4.42 Å². The first-order valence-corrected chi connectivity index (χ1v) is 2.46. The maximum absolute atomic E-state index is 10.3. The van der Waals surface area contributed by atoms with Crippen LogP contribution in [0.25, 0.3) is 0 Å². The summed E-state index contributed by atoms with van der Waals surface area (Å²) < 4.78 is 9.21. The molecule has 0 saturated heterocycles. The predicted octanol–water partition coefficient (Wildman–Crippen LogP) is 0.648. The van der Waals surface area contributed by atoms with Gasteiger partial charge in [-0.2, -0.15) is 0 Å². The van der Waals surface area contributed by atoms with Crippen LogP contribution in [0, 0.1) is 0 Å². The van der Waals surface area contributed by atoms with Crippen LogP contribution in [0.2, 0.25) is 0 Å². The lowest BCUT2D eigenvalue weighted by Crippen LogP contribution is -1.93. The molecule has 0 saturated carbocycles. The zero-order valence-electron chi connectivity index (χ0n) is 4.96. The van der Waals surface area contributed by atoms with Gasteiger partial charge in [-0.05, 0) is 6.07 Å². The van der Waals surface area contributed by atoms with E-state index in [4.69, 9.17) is 4.74 Å². The second-order valence-corrected chi connectivity index (χ2v) is 1.49. The van der Waals surface area contributed by atoms with Crippen LogP contribution in [0.1, 0.15) is 0 Å². The Kier molecular flexibility index (Phi) is 1.53. The Hall–Kier alpha value is -1.25. The van der Waals surface area contributed by atoms with Gasteiger partial charge in [0.1, 0.15) is 6.26 Å². The van der Waals surface area contributed by atoms with E-state index in [9.17, 15) is 4.79 Å². The molecule has 0 aliphatic heterocycles. The number of hydrogen-bond acceptors (Lipinski definition) is 3. The van der Waals surface area contributed by atoms with Crippen LogP contribution in [0.15, 0.2) is 27.6 Å². The SMILES string of the molecule is COc1ccc(=O)oc1. The number of methoxy groups -OCH3 is 1. The van der Waals surface area contributed by atoms with E-state index >= 15 is 0 Å². The van der Waals surface area contributed by atoms with Crippen LogP contribution in [-0.2, 0) is 0 Å². The Morgan fingerprint density at radius 1 is 1.56 bits per heavy atom. The Bertz CT molecular complexity index is 218. The lowest BCUT2D eigenvalue weighted by atomic mass is 10.5. The fourth-order valence-corrected chi connectivity index (χ4v) is 0.461. The van der Waals surface area contributed by atoms with Gasteiger partial charge in [0.25, 0.3) is 0 Å². The topological polar surface area (TPSA) is 39.4 Å². The average Bonchev–Trinajstić information content (AvgIpc) is 1.90. The van der Waals surface area contributed by atoms with E-state index in [0.29, 0.717) is 5.75 Å². The van der Waals surface area contributed by atoms with Crippen molar-refractivity contribution < 1.29 is 9.15 Å². The van der Waals surface area contributed by atoms with E-state index in [1.165, 1.54) is 19.4 Å². The maximum atomic E-state index is 10.3. The maximum Gasteiger partial charge on any atom is 0.335 e. The van der Waals surface area contributed by atoms with Crippen LogP contribution in [-0.4, -0.2) is 7.11 Å². The summed E-state index contributed by atoms with van der Waals surface area (Å²) in [4.78, 5) is 10.3. The molecule has 1 aromatic heterocycles. The first-order valence-electron chi connectivity index (χ1n) is 2.46. The Morgan fingerprint density at radius 2 is 2.33 bits per heavy atom. The molecule has 0 aromatic carbocycles. The molecule has 1 heterocycles. The molecule has 0 radical (unpaired) electrons. The standard InChI is InChI=1S/C6H6O3/c1-8-5-2-3-6(7)9-4-5/h2-4H,1H3. The molecular weight excluding hydrogens is 120 g/mol. The normalized spacial score (nSPS) is 9.00. The van der Waals surface area contributed by atoms with Crippen LogP contribution < -0.4 is 10.4 Å². The van der Waals surface area contributed by atoms with Gasteiger partial charge in [0, 0.05) is 6.07 Å². The smallest absolute Gasteiger partial charge is 0.335 e. The third kappa shape index (κ3) is 1.32. The lowest BCUT2D eigenvalue weighted by molar-refractivity contribution is 0.385. The van der Waals surface area contributed by atoms with Gasteiger partial charge in [0.2, 0.25) is 0 Å². The van der Waals surface area contributed by atoms with Crippen molar-refractivity contribution in [2.75, 3.05) is 7.11 Å². The minimum atomic E-state index is -0.365. The molecule has 0 aliphatic rings. The summed E-state index contributed by atoms with van der Waals surface area (Å²) in [6.07, 6.45) is 1.27. The molecule has 48 valence electrons. The van der Waals surface area contributed by atoms with E-state index < -0.39 is 0 Å². The van der Waals surface area contributed by atoms with Crippen LogP contribution >= 0.6 is 0 Å². The Morgan fingerprint density at radius 3 is 2.78 bits per heavy atom. The second-order valence-electron chi connectivity index (χ2n) is 1.49. The number of rotatable bonds is 1. The van der Waals surface area contributed by atoms with Crippen molar-refractivity contribution in [2.24, 2.45) is 0 Å². The molecule has 0 atom stereocenters. The number of ether oxygens (including phenoxy) is 1. The van der Waals surface area contributed by atoms with Gasteiger partial charge in [0.15, 0.2) is 5.75 Å². The lowest BCUT2D eigenvalue weighted by Gasteiger charge is -1.92. The molecule has 0 unspecified atom stereocenters. The minimum absolute atomic E-state index is 0.365. The van der Waals surface area contributed by atoms with Gasteiger partial charge in [0.05, 0.1) is 7.11 Å². The van der Waals surface area contributed by atoms with E-state index in [1.807, 2.05) is 0 Å². The average molecular weight is 126 g/mol. The molecular formula is C6H6O3. The third-order valence-electron chi connectivity index (χ3n) is 0.911. The van der Waals surface area contributed by atoms with Crippen molar-refractivity contribution >= 4 is 0 Å². The summed E-state index contributed by atoms with van der Waals surface area (Å²) in [7, 11) is 1.51. The van der Waals surface area contributed by atoms with Gasteiger partial charge >= 0.3 is 5.63 Å². The summed E-state index contributed by atoms with van der Waals surface area (Å²) in [5.74, 6) is 0.551. The van der Waals surface area contributed by atoms with Gasteiger partial charge in [-0.3, -0.25) is 0 Å². The Balaban J connectivity index is 3.02. The van der Waals surface area contributed by atoms with Crippen LogP contribution in [0.4, 0.5) is 0 Å². The van der Waals surface area contributed by atoms with E-state index in [1.54, 1.807) is 6.07 Å². The summed E-state index contributed by atoms with van der Waals surface area (Å²) in [6.45, 7) is 0. The van der Waals surface area contributed by atoms with Gasteiger partial charge < -0.3 is 9.15 Å². The molecule has 0 spiro atoms. The highest BCUT2D eigenvalue weighted by Gasteiger charge is 1.87. The highest BCUT2D eigenvalue weighted by atomic mass is 16.5. The van der Waals surface area contributed by atoms with Crippen molar-refractivity contribution in [2.45, 2.75) is 0 Å². The Labute approximate surface area is 51.9 Å². The van der Waals surface area contributed by atoms with Gasteiger partial charge in [-0.1, -0.05) is 0 Å². The molecule has 0 bridgehead atoms. The van der Waals surface area contributed by atoms with E-state index in [-0.39, 0.29) is 5.63 Å². The minimum Gasteiger partial charge on any atom is -0.494 e. The second kappa shape index (κ2) is 2.35. The van der Waals surface area contributed by atoms with Gasteiger partial charge in [-0.15, -0.1) is 0 Å². The molecule has 9 heavy (non-hydrogen) atoms. The fourth-order valence-electron chi connectivity index (χ4n) is 0.461. The molecule has 0 N–H and O–H groups in total. The highest BCUT2D eigenvalue weighted by molar-refractivity contribution is 5.12. The monoisotopic (exact) mass is 126 g/mol. The van der Waals surface area contributed by atoms with Crippen molar-refractivity contribution in [3.05, 3.63) is 28.8 Å². The zero-order chi connectivity index (χ0) is 6.69. The zero-order valence-corrected chi connectivity index (χ0v) is 4.96. The summed E-state index contributed by atoms with van der Waals surface area (Å²) >= 11 is 0. The molecule has 0 amide bonds. The van der Waals surface area contributed by atoms with Crippen molar-refractivity contribution in [3.8, 4) is 5.75 Å². The number of hydrogen-bond donors (Lipinski definition) is 0. The van der Waals surface area contributed by atoms with Crippen LogP contribution in [0.3, 0.4) is 0 Å². The summed E-state index contributed by atoms with van der Waals surface area (Å²) in [5, 5.41) is 0. The summed E-state index contributed by atoms with van der Waals surface area (Å²) in [5.41, 5.74) is -0.365. The van der Waals surface area contributed by atoms with Crippen molar-refractivity contribution in [3.63, 3.8) is 0 Å². The summed E-state index contributed by atoms with van der Waals surface area (Å²) in [6, 6.07) is 2.85. The predicted molar refractivity (Wildman–Crippen MR) is 31.5 cm³/mol. The first kappa shape index (κ1) is 5.88.